The van der Waals surface area contributed by atoms with Crippen LogP contribution in [0.2, 0.25) is 0 Å². The van der Waals surface area contributed by atoms with E-state index in [0.29, 0.717) is 23.9 Å². The molecule has 8 nitrogen and oxygen atoms in total. The number of carbonyl (C=O) groups excluding carboxylic acids is 1. The number of thiophene rings is 1. The van der Waals surface area contributed by atoms with E-state index in [1.165, 1.54) is 11.3 Å². The van der Waals surface area contributed by atoms with Crippen LogP contribution in [-0.2, 0) is 17.8 Å². The molecular weight excluding hydrogens is 412 g/mol. The third-order valence-corrected chi connectivity index (χ3v) is 6.59. The SMILES string of the molecule is CCOC(=O)c1sc2nc(C)nc(N3CCn4c(nnc4-c4ccccc4)C3)c2c1C. The van der Waals surface area contributed by atoms with Crippen molar-refractivity contribution < 1.29 is 9.53 Å². The van der Waals surface area contributed by atoms with Crippen LogP contribution in [0.3, 0.4) is 0 Å². The van der Waals surface area contributed by atoms with Gasteiger partial charge in [-0.2, -0.15) is 0 Å². The molecule has 158 valence electrons. The number of aromatic nitrogens is 5. The number of rotatable bonds is 4. The summed E-state index contributed by atoms with van der Waals surface area (Å²) in [5.74, 6) is 2.99. The van der Waals surface area contributed by atoms with Crippen LogP contribution in [0.5, 0.6) is 0 Å². The number of benzene rings is 1. The summed E-state index contributed by atoms with van der Waals surface area (Å²) in [6.07, 6.45) is 0. The molecule has 31 heavy (non-hydrogen) atoms. The van der Waals surface area contributed by atoms with E-state index in [1.807, 2.05) is 51.1 Å². The molecule has 0 aliphatic carbocycles. The number of hydrogen-bond acceptors (Lipinski definition) is 8. The molecule has 0 amide bonds. The summed E-state index contributed by atoms with van der Waals surface area (Å²) in [5, 5.41) is 9.80. The van der Waals surface area contributed by atoms with Crippen LogP contribution in [0.1, 0.15) is 33.8 Å². The monoisotopic (exact) mass is 434 g/mol. The second-order valence-electron chi connectivity index (χ2n) is 7.43. The minimum atomic E-state index is -0.308. The molecule has 1 aliphatic rings. The first-order valence-corrected chi connectivity index (χ1v) is 11.1. The topological polar surface area (TPSA) is 86.0 Å². The van der Waals surface area contributed by atoms with Crippen LogP contribution in [-0.4, -0.2) is 43.9 Å². The number of anilines is 1. The maximum atomic E-state index is 12.4. The summed E-state index contributed by atoms with van der Waals surface area (Å²) in [7, 11) is 0. The molecule has 0 saturated heterocycles. The molecule has 0 unspecified atom stereocenters. The highest BCUT2D eigenvalue weighted by Gasteiger charge is 2.27. The minimum absolute atomic E-state index is 0.308. The fourth-order valence-corrected chi connectivity index (χ4v) is 5.10. The maximum absolute atomic E-state index is 12.4. The van der Waals surface area contributed by atoms with Gasteiger partial charge in [-0.15, -0.1) is 21.5 Å². The Kier molecular flexibility index (Phi) is 4.90. The van der Waals surface area contributed by atoms with E-state index in [4.69, 9.17) is 9.72 Å². The fraction of sp³-hybridized carbons (Fsp3) is 0.318. The van der Waals surface area contributed by atoms with Gasteiger partial charge >= 0.3 is 5.97 Å². The van der Waals surface area contributed by atoms with Gasteiger partial charge in [0.25, 0.3) is 0 Å². The molecule has 5 rings (SSSR count). The highest BCUT2D eigenvalue weighted by atomic mass is 32.1. The van der Waals surface area contributed by atoms with Crippen LogP contribution in [0.15, 0.2) is 30.3 Å². The van der Waals surface area contributed by atoms with Gasteiger partial charge in [-0.25, -0.2) is 14.8 Å². The van der Waals surface area contributed by atoms with Crippen molar-refractivity contribution in [3.05, 3.63) is 52.4 Å². The van der Waals surface area contributed by atoms with Gasteiger partial charge in [0.05, 0.1) is 18.5 Å². The van der Waals surface area contributed by atoms with Gasteiger partial charge in [0, 0.05) is 18.7 Å². The summed E-state index contributed by atoms with van der Waals surface area (Å²) >= 11 is 1.37. The van der Waals surface area contributed by atoms with E-state index in [2.05, 4.69) is 24.6 Å². The van der Waals surface area contributed by atoms with Crippen LogP contribution in [0, 0.1) is 13.8 Å². The summed E-state index contributed by atoms with van der Waals surface area (Å²) in [6, 6.07) is 10.1. The normalized spacial score (nSPS) is 13.5. The van der Waals surface area contributed by atoms with Crippen molar-refractivity contribution in [3.63, 3.8) is 0 Å². The van der Waals surface area contributed by atoms with Gasteiger partial charge in [0.2, 0.25) is 0 Å². The predicted octanol–water partition coefficient (Wildman–Crippen LogP) is 3.76. The summed E-state index contributed by atoms with van der Waals surface area (Å²) in [4.78, 5) is 25.3. The molecular formula is C22H22N6O2S. The predicted molar refractivity (Wildman–Crippen MR) is 119 cm³/mol. The molecule has 0 atom stereocenters. The second-order valence-corrected chi connectivity index (χ2v) is 8.43. The average Bonchev–Trinajstić information content (AvgIpc) is 3.34. The molecule has 4 aromatic rings. The molecule has 0 spiro atoms. The number of esters is 1. The number of fused-ring (bicyclic) bond motifs is 2. The van der Waals surface area contributed by atoms with Gasteiger partial charge in [-0.3, -0.25) is 0 Å². The van der Waals surface area contributed by atoms with E-state index >= 15 is 0 Å². The molecule has 4 heterocycles. The zero-order chi connectivity index (χ0) is 21.5. The summed E-state index contributed by atoms with van der Waals surface area (Å²) < 4.78 is 7.40. The number of hydrogen-bond donors (Lipinski definition) is 0. The highest BCUT2D eigenvalue weighted by molar-refractivity contribution is 7.20. The third kappa shape index (κ3) is 3.34. The van der Waals surface area contributed by atoms with E-state index in [1.54, 1.807) is 0 Å². The summed E-state index contributed by atoms with van der Waals surface area (Å²) in [6.45, 7) is 8.08. The van der Waals surface area contributed by atoms with Gasteiger partial charge in [-0.1, -0.05) is 30.3 Å². The lowest BCUT2D eigenvalue weighted by molar-refractivity contribution is 0.0531. The lowest BCUT2D eigenvalue weighted by Gasteiger charge is -2.29. The highest BCUT2D eigenvalue weighted by Crippen LogP contribution is 2.37. The van der Waals surface area contributed by atoms with E-state index < -0.39 is 0 Å². The maximum Gasteiger partial charge on any atom is 0.348 e. The van der Waals surface area contributed by atoms with Crippen LogP contribution < -0.4 is 4.90 Å². The Balaban J connectivity index is 1.54. The number of ether oxygens (including phenoxy) is 1. The lowest BCUT2D eigenvalue weighted by atomic mass is 10.1. The molecule has 0 saturated carbocycles. The Hall–Kier alpha value is -3.33. The van der Waals surface area contributed by atoms with Gasteiger partial charge < -0.3 is 14.2 Å². The smallest absolute Gasteiger partial charge is 0.348 e. The average molecular weight is 435 g/mol. The first kappa shape index (κ1) is 19.6. The van der Waals surface area contributed by atoms with Crippen LogP contribution in [0.4, 0.5) is 5.82 Å². The van der Waals surface area contributed by atoms with Crippen molar-refractivity contribution in [3.8, 4) is 11.4 Å². The van der Waals surface area contributed by atoms with Crippen molar-refractivity contribution in [2.45, 2.75) is 33.9 Å². The van der Waals surface area contributed by atoms with Crippen molar-refractivity contribution in [1.29, 1.82) is 0 Å². The second kappa shape index (κ2) is 7.73. The molecule has 3 aromatic heterocycles. The molecule has 9 heteroatoms. The van der Waals surface area contributed by atoms with E-state index in [9.17, 15) is 4.79 Å². The summed E-state index contributed by atoms with van der Waals surface area (Å²) in [5.41, 5.74) is 1.92. The first-order valence-electron chi connectivity index (χ1n) is 10.2. The molecule has 0 N–H and O–H groups in total. The Labute approximate surface area is 183 Å². The molecule has 1 aliphatic heterocycles. The van der Waals surface area contributed by atoms with Crippen molar-refractivity contribution in [2.75, 3.05) is 18.1 Å². The fourth-order valence-electron chi connectivity index (χ4n) is 3.98. The van der Waals surface area contributed by atoms with Crippen molar-refractivity contribution >= 4 is 33.3 Å². The Bertz CT molecular complexity index is 1280. The van der Waals surface area contributed by atoms with Gasteiger partial charge in [-0.05, 0) is 26.3 Å². The van der Waals surface area contributed by atoms with Gasteiger partial charge in [0.15, 0.2) is 11.6 Å². The molecule has 0 fully saturated rings. The Morgan fingerprint density at radius 1 is 1.13 bits per heavy atom. The number of aryl methyl sites for hydroxylation is 2. The van der Waals surface area contributed by atoms with Crippen LogP contribution in [0.25, 0.3) is 21.6 Å². The molecule has 0 radical (unpaired) electrons. The first-order chi connectivity index (χ1) is 15.1. The largest absolute Gasteiger partial charge is 0.462 e. The lowest BCUT2D eigenvalue weighted by Crippen LogP contribution is -2.35. The third-order valence-electron chi connectivity index (χ3n) is 5.43. The Morgan fingerprint density at radius 2 is 1.94 bits per heavy atom. The quantitative estimate of drug-likeness (QED) is 0.452. The van der Waals surface area contributed by atoms with Gasteiger partial charge in [0.1, 0.15) is 21.3 Å². The zero-order valence-corrected chi connectivity index (χ0v) is 18.4. The number of carbonyl (C=O) groups is 1. The molecule has 0 bridgehead atoms. The Morgan fingerprint density at radius 3 is 2.71 bits per heavy atom. The zero-order valence-electron chi connectivity index (χ0n) is 17.6. The van der Waals surface area contributed by atoms with Crippen molar-refractivity contribution in [1.82, 2.24) is 24.7 Å². The van der Waals surface area contributed by atoms with E-state index in [0.717, 1.165) is 51.9 Å². The standard InChI is InChI=1S/C22H22N6O2S/c1-4-30-22(29)18-13(2)17-20(23-14(3)24-21(17)31-18)27-10-11-28-16(12-27)25-26-19(28)15-8-6-5-7-9-15/h5-9H,4,10-12H2,1-3H3. The van der Waals surface area contributed by atoms with E-state index in [-0.39, 0.29) is 5.97 Å². The van der Waals surface area contributed by atoms with Crippen LogP contribution >= 0.6 is 11.3 Å². The number of nitrogens with zero attached hydrogens (tertiary/aromatic N) is 6. The van der Waals surface area contributed by atoms with Crippen molar-refractivity contribution in [2.24, 2.45) is 0 Å². The minimum Gasteiger partial charge on any atom is -0.462 e. The molecule has 1 aromatic carbocycles.